The van der Waals surface area contributed by atoms with Gasteiger partial charge in [-0.05, 0) is 0 Å². The fourth-order valence-corrected chi connectivity index (χ4v) is 14.2. The van der Waals surface area contributed by atoms with Crippen LogP contribution in [-0.2, 0) is 16.1 Å². The molecule has 1 heteroatoms. The van der Waals surface area contributed by atoms with Crippen LogP contribution in [0, 0.1) is 0 Å². The van der Waals surface area contributed by atoms with Gasteiger partial charge in [0, 0.05) is 0 Å². The molecule has 0 aromatic heterocycles. The van der Waals surface area contributed by atoms with Crippen LogP contribution in [0.5, 0.6) is 0 Å². The maximum absolute atomic E-state index is 2.78. The second-order valence-electron chi connectivity index (χ2n) is 5.46. The van der Waals surface area contributed by atoms with Crippen LogP contribution in [0.3, 0.4) is 0 Å². The van der Waals surface area contributed by atoms with Crippen molar-refractivity contribution in [3.63, 3.8) is 0 Å². The zero-order valence-electron chi connectivity index (χ0n) is 13.4. The summed E-state index contributed by atoms with van der Waals surface area (Å²) in [6, 6.07) is 33.4. The zero-order chi connectivity index (χ0) is 16.2. The normalized spacial score (nSPS) is 14.4. The number of benzene rings is 3. The van der Waals surface area contributed by atoms with E-state index in [2.05, 4.69) is 109 Å². The molecular formula is C23H20Pt. The molecule has 1 aliphatic rings. The zero-order valence-corrected chi connectivity index (χ0v) is 15.7. The predicted molar refractivity (Wildman–Crippen MR) is 100 cm³/mol. The standard InChI is InChI=1S/3C6H5.C5H5.Pt/c3*1-2-4-6-5-3-1;1-2-4-5-3-1;/h3*1-5H;1-3H,4H2;. The maximum atomic E-state index is 2.36. The molecule has 0 aliphatic heterocycles. The molecule has 122 valence electrons. The predicted octanol–water partition coefficient (Wildman–Crippen LogP) is 3.96. The Kier molecular flexibility index (Phi) is 4.32. The van der Waals surface area contributed by atoms with Crippen molar-refractivity contribution in [1.29, 1.82) is 0 Å². The molecule has 1 aliphatic carbocycles. The van der Waals surface area contributed by atoms with Gasteiger partial charge in [0.05, 0.1) is 0 Å². The minimum absolute atomic E-state index is 1.07. The van der Waals surface area contributed by atoms with Gasteiger partial charge < -0.3 is 0 Å². The van der Waals surface area contributed by atoms with Gasteiger partial charge in [-0.15, -0.1) is 0 Å². The molecule has 0 heterocycles. The summed E-state index contributed by atoms with van der Waals surface area (Å²) in [5.41, 5.74) is 0. The van der Waals surface area contributed by atoms with E-state index in [0.717, 1.165) is 6.42 Å². The molecule has 0 amide bonds. The van der Waals surface area contributed by atoms with Gasteiger partial charge in [-0.1, -0.05) is 0 Å². The van der Waals surface area contributed by atoms with E-state index in [1.165, 1.54) is 11.9 Å². The van der Waals surface area contributed by atoms with Gasteiger partial charge in [0.1, 0.15) is 0 Å². The molecule has 0 radical (unpaired) electrons. The van der Waals surface area contributed by atoms with Gasteiger partial charge in [0.25, 0.3) is 0 Å². The van der Waals surface area contributed by atoms with Gasteiger partial charge in [-0.25, -0.2) is 0 Å². The minimum atomic E-state index is -2.78. The topological polar surface area (TPSA) is 0 Å². The van der Waals surface area contributed by atoms with E-state index < -0.39 is 16.1 Å². The second kappa shape index (κ2) is 6.75. The van der Waals surface area contributed by atoms with Gasteiger partial charge in [-0.2, -0.15) is 0 Å². The van der Waals surface area contributed by atoms with Crippen LogP contribution in [-0.4, -0.2) is 0 Å². The van der Waals surface area contributed by atoms with Crippen molar-refractivity contribution in [3.05, 3.63) is 113 Å². The van der Waals surface area contributed by atoms with E-state index in [9.17, 15) is 0 Å². The summed E-state index contributed by atoms with van der Waals surface area (Å²) in [5, 5.41) is 0. The molecule has 0 unspecified atom stereocenters. The molecule has 0 spiro atoms. The second-order valence-corrected chi connectivity index (χ2v) is 14.3. The first-order chi connectivity index (χ1) is 11.9. The van der Waals surface area contributed by atoms with Crippen LogP contribution >= 0.6 is 0 Å². The van der Waals surface area contributed by atoms with E-state index in [1.54, 1.807) is 3.96 Å². The van der Waals surface area contributed by atoms with Gasteiger partial charge >= 0.3 is 148 Å². The van der Waals surface area contributed by atoms with E-state index in [0.29, 0.717) is 0 Å². The molecule has 0 saturated heterocycles. The Bertz CT molecular complexity index is 765. The van der Waals surface area contributed by atoms with Crippen LogP contribution in [0.15, 0.2) is 113 Å². The summed E-state index contributed by atoms with van der Waals surface area (Å²) < 4.78 is 6.10. The van der Waals surface area contributed by atoms with Crippen molar-refractivity contribution in [2.75, 3.05) is 0 Å². The molecule has 0 bridgehead atoms. The van der Waals surface area contributed by atoms with Gasteiger partial charge in [0.2, 0.25) is 0 Å². The first-order valence-electron chi connectivity index (χ1n) is 8.08. The quantitative estimate of drug-likeness (QED) is 0.519. The molecule has 0 nitrogen and oxygen atoms in total. The van der Waals surface area contributed by atoms with Crippen LogP contribution in [0.1, 0.15) is 6.42 Å². The first kappa shape index (κ1) is 15.4. The fraction of sp³-hybridized carbons (Fsp3) is 0.0435. The SMILES string of the molecule is C1=CC[C]([Pt]([c]2ccccc2)([c]2ccccc2)[c]2ccccc2)=C1. The molecule has 0 N–H and O–H groups in total. The molecule has 3 aromatic rings. The molecule has 24 heavy (non-hydrogen) atoms. The molecule has 0 saturated carbocycles. The average Bonchev–Trinajstić information content (AvgIpc) is 3.20. The summed E-state index contributed by atoms with van der Waals surface area (Å²) in [7, 11) is 0. The van der Waals surface area contributed by atoms with Crippen LogP contribution in [0.25, 0.3) is 0 Å². The Hall–Kier alpha value is -2.17. The van der Waals surface area contributed by atoms with Crippen LogP contribution < -0.4 is 11.9 Å². The Labute approximate surface area is 147 Å². The van der Waals surface area contributed by atoms with E-state index in [1.807, 2.05) is 0 Å². The molecule has 0 fully saturated rings. The number of rotatable bonds is 4. The van der Waals surface area contributed by atoms with Crippen molar-refractivity contribution in [2.24, 2.45) is 0 Å². The third kappa shape index (κ3) is 2.52. The van der Waals surface area contributed by atoms with Gasteiger partial charge in [0.15, 0.2) is 0 Å². The summed E-state index contributed by atoms with van der Waals surface area (Å²) in [6.07, 6.45) is 7.95. The number of hydrogen-bond acceptors (Lipinski definition) is 0. The van der Waals surface area contributed by atoms with Crippen LogP contribution in [0.4, 0.5) is 0 Å². The van der Waals surface area contributed by atoms with Crippen molar-refractivity contribution in [2.45, 2.75) is 6.42 Å². The van der Waals surface area contributed by atoms with E-state index >= 15 is 0 Å². The van der Waals surface area contributed by atoms with E-state index in [4.69, 9.17) is 0 Å². The van der Waals surface area contributed by atoms with Crippen molar-refractivity contribution in [3.8, 4) is 0 Å². The summed E-state index contributed by atoms with van der Waals surface area (Å²) >= 11 is -2.78. The van der Waals surface area contributed by atoms with Crippen molar-refractivity contribution >= 4 is 11.9 Å². The molecule has 3 aromatic carbocycles. The number of allylic oxidation sites excluding steroid dienone is 4. The third-order valence-electron chi connectivity index (χ3n) is 3.97. The fourth-order valence-electron chi connectivity index (χ4n) is 2.93. The Morgan fingerprint density at radius 2 is 0.958 bits per heavy atom. The molecule has 0 atom stereocenters. The number of hydrogen-bond donors (Lipinski definition) is 0. The Morgan fingerprint density at radius 1 is 0.542 bits per heavy atom. The van der Waals surface area contributed by atoms with Crippen molar-refractivity contribution < 1.29 is 16.1 Å². The molecular weight excluding hydrogens is 471 g/mol. The first-order valence-corrected chi connectivity index (χ1v) is 12.6. The van der Waals surface area contributed by atoms with E-state index in [-0.39, 0.29) is 0 Å². The Balaban J connectivity index is 2.07. The average molecular weight is 491 g/mol. The summed E-state index contributed by atoms with van der Waals surface area (Å²) in [4.78, 5) is 0. The summed E-state index contributed by atoms with van der Waals surface area (Å²) in [6.45, 7) is 0. The third-order valence-corrected chi connectivity index (χ3v) is 15.2. The molecule has 4 rings (SSSR count). The monoisotopic (exact) mass is 491 g/mol. The van der Waals surface area contributed by atoms with Gasteiger partial charge in [-0.3, -0.25) is 0 Å². The van der Waals surface area contributed by atoms with Crippen LogP contribution in [0.2, 0.25) is 0 Å². The Morgan fingerprint density at radius 3 is 1.29 bits per heavy atom. The van der Waals surface area contributed by atoms with Crippen molar-refractivity contribution in [1.82, 2.24) is 0 Å². The summed E-state index contributed by atoms with van der Waals surface area (Å²) in [5.74, 6) is 0.